The first-order chi connectivity index (χ1) is 16.8. The summed E-state index contributed by atoms with van der Waals surface area (Å²) >= 11 is 0. The van der Waals surface area contributed by atoms with Crippen molar-refractivity contribution >= 4 is 17.7 Å². The van der Waals surface area contributed by atoms with Gasteiger partial charge in [0, 0.05) is 29.5 Å². The van der Waals surface area contributed by atoms with Gasteiger partial charge in [-0.25, -0.2) is 4.79 Å². The zero-order chi connectivity index (χ0) is 25.5. The molecule has 0 amide bonds. The Hall–Kier alpha value is -3.13. The summed E-state index contributed by atoms with van der Waals surface area (Å²) in [5.74, 6) is -2.69. The molecule has 1 aromatic rings. The van der Waals surface area contributed by atoms with Crippen LogP contribution in [0.5, 0.6) is 5.75 Å². The fourth-order valence-electron chi connectivity index (χ4n) is 4.75. The van der Waals surface area contributed by atoms with Crippen LogP contribution in [0.15, 0.2) is 46.8 Å². The molecule has 8 nitrogen and oxygen atoms in total. The number of allylic oxidation sites excluding steroid dienone is 3. The highest BCUT2D eigenvalue weighted by Crippen LogP contribution is 2.45. The van der Waals surface area contributed by atoms with E-state index in [1.807, 2.05) is 45.0 Å². The number of hydrogen-bond acceptors (Lipinski definition) is 8. The summed E-state index contributed by atoms with van der Waals surface area (Å²) in [5, 5.41) is 3.26. The molecular formula is C27H35NO7. The molecule has 1 aliphatic heterocycles. The molecule has 0 fully saturated rings. The van der Waals surface area contributed by atoms with Crippen molar-refractivity contribution in [3.05, 3.63) is 52.4 Å². The SMILES string of the molecule is CCCOCCOC(=O)C1=C(C)NC2=C(C(=O)C(C(=O)OC)C(C)C2)C1c1cccc(OCC)c1. The molecule has 8 heteroatoms. The number of Topliss-reactive ketones (excluding diaryl/α,β-unsaturated/α-hetero) is 1. The number of carbonyl (C=O) groups excluding carboxylic acids is 3. The Morgan fingerprint density at radius 2 is 1.91 bits per heavy atom. The third-order valence-corrected chi connectivity index (χ3v) is 6.27. The number of esters is 2. The van der Waals surface area contributed by atoms with Crippen molar-refractivity contribution in [3.8, 4) is 5.75 Å². The Kier molecular flexibility index (Phi) is 9.09. The molecule has 2 aliphatic rings. The quantitative estimate of drug-likeness (QED) is 0.304. The Balaban J connectivity index is 2.04. The van der Waals surface area contributed by atoms with Gasteiger partial charge in [0.2, 0.25) is 0 Å². The number of ether oxygens (including phenoxy) is 4. The normalized spacial score (nSPS) is 21.9. The van der Waals surface area contributed by atoms with Gasteiger partial charge in [-0.3, -0.25) is 9.59 Å². The summed E-state index contributed by atoms with van der Waals surface area (Å²) in [5.41, 5.74) is 2.78. The molecular weight excluding hydrogens is 450 g/mol. The molecule has 3 atom stereocenters. The highest BCUT2D eigenvalue weighted by atomic mass is 16.6. The molecule has 1 N–H and O–H groups in total. The highest BCUT2D eigenvalue weighted by Gasteiger charge is 2.47. The van der Waals surface area contributed by atoms with Crippen LogP contribution in [0.25, 0.3) is 0 Å². The van der Waals surface area contributed by atoms with Gasteiger partial charge in [0.1, 0.15) is 18.3 Å². The molecule has 35 heavy (non-hydrogen) atoms. The molecule has 0 radical (unpaired) electrons. The first-order valence-corrected chi connectivity index (χ1v) is 12.1. The summed E-state index contributed by atoms with van der Waals surface area (Å²) < 4.78 is 21.6. The number of methoxy groups -OCH3 is 1. The van der Waals surface area contributed by atoms with Crippen molar-refractivity contribution in [2.75, 3.05) is 33.5 Å². The van der Waals surface area contributed by atoms with Crippen LogP contribution in [0.1, 0.15) is 52.0 Å². The Morgan fingerprint density at radius 1 is 1.14 bits per heavy atom. The molecule has 1 aromatic carbocycles. The molecule has 190 valence electrons. The number of ketones is 1. The Morgan fingerprint density at radius 3 is 2.60 bits per heavy atom. The molecule has 0 aromatic heterocycles. The topological polar surface area (TPSA) is 100 Å². The van der Waals surface area contributed by atoms with E-state index < -0.39 is 23.8 Å². The van der Waals surface area contributed by atoms with Crippen LogP contribution in [0.4, 0.5) is 0 Å². The van der Waals surface area contributed by atoms with Crippen LogP contribution in [0, 0.1) is 11.8 Å². The summed E-state index contributed by atoms with van der Waals surface area (Å²) in [6, 6.07) is 7.33. The zero-order valence-electron chi connectivity index (χ0n) is 21.1. The number of rotatable bonds is 10. The lowest BCUT2D eigenvalue weighted by molar-refractivity contribution is -0.151. The second-order valence-corrected chi connectivity index (χ2v) is 8.79. The van der Waals surface area contributed by atoms with Crippen LogP contribution in [-0.2, 0) is 28.6 Å². The van der Waals surface area contributed by atoms with Crippen LogP contribution in [-0.4, -0.2) is 51.3 Å². The van der Waals surface area contributed by atoms with E-state index in [1.54, 1.807) is 6.92 Å². The monoisotopic (exact) mass is 485 g/mol. The maximum atomic E-state index is 13.7. The van der Waals surface area contributed by atoms with Crippen LogP contribution < -0.4 is 10.1 Å². The molecule has 3 rings (SSSR count). The van der Waals surface area contributed by atoms with Crippen molar-refractivity contribution in [1.82, 2.24) is 5.32 Å². The van der Waals surface area contributed by atoms with Crippen molar-refractivity contribution in [2.45, 2.75) is 46.5 Å². The van der Waals surface area contributed by atoms with Gasteiger partial charge in [0.05, 0.1) is 25.9 Å². The van der Waals surface area contributed by atoms with E-state index in [0.29, 0.717) is 54.4 Å². The van der Waals surface area contributed by atoms with Crippen LogP contribution >= 0.6 is 0 Å². The van der Waals surface area contributed by atoms with Gasteiger partial charge < -0.3 is 24.3 Å². The van der Waals surface area contributed by atoms with Gasteiger partial charge in [0.25, 0.3) is 0 Å². The van der Waals surface area contributed by atoms with E-state index >= 15 is 0 Å². The molecule has 3 unspecified atom stereocenters. The highest BCUT2D eigenvalue weighted by molar-refractivity contribution is 6.12. The van der Waals surface area contributed by atoms with E-state index in [4.69, 9.17) is 18.9 Å². The molecule has 0 spiro atoms. The lowest BCUT2D eigenvalue weighted by atomic mass is 9.69. The van der Waals surface area contributed by atoms with Crippen LogP contribution in [0.2, 0.25) is 0 Å². The predicted octanol–water partition coefficient (Wildman–Crippen LogP) is 3.67. The minimum absolute atomic E-state index is 0.100. The van der Waals surface area contributed by atoms with Gasteiger partial charge in [-0.2, -0.15) is 0 Å². The molecule has 1 aliphatic carbocycles. The molecule has 0 saturated carbocycles. The van der Waals surface area contributed by atoms with E-state index in [2.05, 4.69) is 5.32 Å². The zero-order valence-corrected chi connectivity index (χ0v) is 21.1. The third-order valence-electron chi connectivity index (χ3n) is 6.27. The number of carbonyl (C=O) groups is 3. The standard InChI is InChI=1S/C27H35NO7/c1-6-11-33-12-13-35-27(31)22-17(4)28-20-14-16(3)21(26(30)32-5)25(29)24(20)23(22)18-9-8-10-19(15-18)34-7-2/h8-10,15-16,21,23,28H,6-7,11-14H2,1-5H3. The number of dihydropyridines is 1. The lowest BCUT2D eigenvalue weighted by Crippen LogP contribution is -2.43. The lowest BCUT2D eigenvalue weighted by Gasteiger charge is -2.38. The Bertz CT molecular complexity index is 1030. The number of benzene rings is 1. The number of hydrogen-bond donors (Lipinski definition) is 1. The van der Waals surface area contributed by atoms with Crippen molar-refractivity contribution in [2.24, 2.45) is 11.8 Å². The summed E-state index contributed by atoms with van der Waals surface area (Å²) in [6.07, 6.45) is 1.35. The van der Waals surface area contributed by atoms with Crippen molar-refractivity contribution < 1.29 is 33.3 Å². The fraction of sp³-hybridized carbons (Fsp3) is 0.519. The minimum atomic E-state index is -0.934. The molecule has 0 saturated heterocycles. The van der Waals surface area contributed by atoms with E-state index in [1.165, 1.54) is 7.11 Å². The predicted molar refractivity (Wildman–Crippen MR) is 130 cm³/mol. The third kappa shape index (κ3) is 5.75. The minimum Gasteiger partial charge on any atom is -0.494 e. The van der Waals surface area contributed by atoms with Gasteiger partial charge >= 0.3 is 11.9 Å². The summed E-state index contributed by atoms with van der Waals surface area (Å²) in [7, 11) is 1.28. The summed E-state index contributed by atoms with van der Waals surface area (Å²) in [6.45, 7) is 9.00. The van der Waals surface area contributed by atoms with Crippen LogP contribution in [0.3, 0.4) is 0 Å². The first-order valence-electron chi connectivity index (χ1n) is 12.1. The fourth-order valence-corrected chi connectivity index (χ4v) is 4.75. The second kappa shape index (κ2) is 12.0. The van der Waals surface area contributed by atoms with Crippen molar-refractivity contribution in [1.29, 1.82) is 0 Å². The van der Waals surface area contributed by atoms with E-state index in [9.17, 15) is 14.4 Å². The average molecular weight is 486 g/mol. The van der Waals surface area contributed by atoms with Gasteiger partial charge in [-0.15, -0.1) is 0 Å². The second-order valence-electron chi connectivity index (χ2n) is 8.79. The van der Waals surface area contributed by atoms with Gasteiger partial charge in [0.15, 0.2) is 5.78 Å². The van der Waals surface area contributed by atoms with Gasteiger partial charge in [-0.05, 0) is 50.3 Å². The molecule has 1 heterocycles. The Labute approximate surface area is 206 Å². The maximum Gasteiger partial charge on any atom is 0.336 e. The maximum absolute atomic E-state index is 13.7. The first kappa shape index (κ1) is 26.5. The number of nitrogens with one attached hydrogen (secondary N) is 1. The molecule has 0 bridgehead atoms. The van der Waals surface area contributed by atoms with E-state index in [-0.39, 0.29) is 18.3 Å². The smallest absolute Gasteiger partial charge is 0.336 e. The van der Waals surface area contributed by atoms with Gasteiger partial charge in [-0.1, -0.05) is 26.0 Å². The van der Waals surface area contributed by atoms with Crippen molar-refractivity contribution in [3.63, 3.8) is 0 Å². The van der Waals surface area contributed by atoms with E-state index in [0.717, 1.165) is 12.1 Å². The summed E-state index contributed by atoms with van der Waals surface area (Å²) in [4.78, 5) is 39.6. The average Bonchev–Trinajstić information content (AvgIpc) is 2.83. The largest absolute Gasteiger partial charge is 0.494 e.